The Labute approximate surface area is 171 Å². The van der Waals surface area contributed by atoms with Crippen LogP contribution in [0.15, 0.2) is 54.7 Å². The second-order valence-corrected chi connectivity index (χ2v) is 7.78. The molecule has 4 nitrogen and oxygen atoms in total. The number of rotatable bonds is 7. The van der Waals surface area contributed by atoms with E-state index in [2.05, 4.69) is 23.2 Å². The van der Waals surface area contributed by atoms with Gasteiger partial charge in [0, 0.05) is 29.1 Å². The summed E-state index contributed by atoms with van der Waals surface area (Å²) >= 11 is 0. The predicted molar refractivity (Wildman–Crippen MR) is 115 cm³/mol. The standard InChI is InChI=1S/C25H27NO3/c1-28-25(27)13-11-18-10-12-24(29-17-19-6-2-3-7-19)22(14-18)21-15-20-8-4-5-9-23(20)26-16-21/h4-5,8-10,12,14-16,19H,2-3,6-7,11,13,17H2,1H3. The van der Waals surface area contributed by atoms with Crippen molar-refractivity contribution in [2.45, 2.75) is 38.5 Å². The van der Waals surface area contributed by atoms with Crippen LogP contribution in [0.3, 0.4) is 0 Å². The van der Waals surface area contributed by atoms with Crippen LogP contribution in [0.25, 0.3) is 22.0 Å². The van der Waals surface area contributed by atoms with Gasteiger partial charge in [0.15, 0.2) is 0 Å². The lowest BCUT2D eigenvalue weighted by molar-refractivity contribution is -0.140. The molecule has 1 fully saturated rings. The molecule has 0 saturated heterocycles. The SMILES string of the molecule is COC(=O)CCc1ccc(OCC2CCCC2)c(-c2cnc3ccccc3c2)c1. The Hall–Kier alpha value is -2.88. The van der Waals surface area contributed by atoms with Crippen LogP contribution in [0.5, 0.6) is 5.75 Å². The third kappa shape index (κ3) is 4.76. The maximum atomic E-state index is 11.5. The van der Waals surface area contributed by atoms with Crippen molar-refractivity contribution < 1.29 is 14.3 Å². The number of hydrogen-bond donors (Lipinski definition) is 0. The summed E-state index contributed by atoms with van der Waals surface area (Å²) in [5, 5.41) is 1.10. The number of fused-ring (bicyclic) bond motifs is 1. The van der Waals surface area contributed by atoms with Crippen LogP contribution in [-0.2, 0) is 16.0 Å². The number of carbonyl (C=O) groups is 1. The fourth-order valence-electron chi connectivity index (χ4n) is 4.04. The van der Waals surface area contributed by atoms with Crippen LogP contribution < -0.4 is 4.74 Å². The number of carbonyl (C=O) groups excluding carboxylic acids is 1. The Morgan fingerprint density at radius 1 is 1.10 bits per heavy atom. The summed E-state index contributed by atoms with van der Waals surface area (Å²) in [5.74, 6) is 1.34. The molecule has 1 aliphatic rings. The number of aromatic nitrogens is 1. The minimum atomic E-state index is -0.194. The van der Waals surface area contributed by atoms with Gasteiger partial charge >= 0.3 is 5.97 Å². The van der Waals surface area contributed by atoms with E-state index in [1.54, 1.807) is 0 Å². The van der Waals surface area contributed by atoms with E-state index in [0.717, 1.165) is 39.9 Å². The molecule has 0 radical (unpaired) electrons. The Balaban J connectivity index is 1.64. The molecule has 0 spiro atoms. The Morgan fingerprint density at radius 3 is 2.76 bits per heavy atom. The van der Waals surface area contributed by atoms with Crippen molar-refractivity contribution in [1.82, 2.24) is 4.98 Å². The van der Waals surface area contributed by atoms with Crippen molar-refractivity contribution in [2.75, 3.05) is 13.7 Å². The lowest BCUT2D eigenvalue weighted by Gasteiger charge is -2.16. The highest BCUT2D eigenvalue weighted by Gasteiger charge is 2.17. The molecule has 0 bridgehead atoms. The van der Waals surface area contributed by atoms with Crippen molar-refractivity contribution in [3.8, 4) is 16.9 Å². The molecular formula is C25H27NO3. The summed E-state index contributed by atoms with van der Waals surface area (Å²) in [4.78, 5) is 16.2. The molecule has 0 atom stereocenters. The van der Waals surface area contributed by atoms with E-state index in [0.29, 0.717) is 18.8 Å². The zero-order chi connectivity index (χ0) is 20.1. The number of aryl methyl sites for hydroxylation is 1. The van der Waals surface area contributed by atoms with Crippen LogP contribution in [0.2, 0.25) is 0 Å². The largest absolute Gasteiger partial charge is 0.493 e. The van der Waals surface area contributed by atoms with Crippen LogP contribution in [-0.4, -0.2) is 24.7 Å². The molecule has 1 aliphatic carbocycles. The third-order valence-electron chi connectivity index (χ3n) is 5.74. The quantitative estimate of drug-likeness (QED) is 0.495. The van der Waals surface area contributed by atoms with Gasteiger partial charge in [0.2, 0.25) is 0 Å². The molecule has 29 heavy (non-hydrogen) atoms. The number of ether oxygens (including phenoxy) is 2. The van der Waals surface area contributed by atoms with Crippen molar-refractivity contribution in [3.63, 3.8) is 0 Å². The maximum Gasteiger partial charge on any atom is 0.305 e. The Morgan fingerprint density at radius 2 is 1.93 bits per heavy atom. The van der Waals surface area contributed by atoms with Gasteiger partial charge in [-0.15, -0.1) is 0 Å². The highest BCUT2D eigenvalue weighted by Crippen LogP contribution is 2.34. The maximum absolute atomic E-state index is 11.5. The van der Waals surface area contributed by atoms with E-state index in [-0.39, 0.29) is 5.97 Å². The molecule has 1 heterocycles. The van der Waals surface area contributed by atoms with Crippen molar-refractivity contribution in [2.24, 2.45) is 5.92 Å². The molecule has 1 aromatic heterocycles. The average molecular weight is 389 g/mol. The molecule has 0 N–H and O–H groups in total. The molecule has 0 unspecified atom stereocenters. The molecule has 0 aliphatic heterocycles. The molecule has 150 valence electrons. The lowest BCUT2D eigenvalue weighted by atomic mass is 9.99. The third-order valence-corrected chi connectivity index (χ3v) is 5.74. The normalized spacial score (nSPS) is 14.2. The second kappa shape index (κ2) is 9.08. The van der Waals surface area contributed by atoms with E-state index in [1.165, 1.54) is 32.8 Å². The summed E-state index contributed by atoms with van der Waals surface area (Å²) in [6, 6.07) is 16.5. The Bertz CT molecular complexity index is 992. The van der Waals surface area contributed by atoms with Gasteiger partial charge in [-0.05, 0) is 55.0 Å². The molecule has 2 aromatic carbocycles. The average Bonchev–Trinajstić information content (AvgIpc) is 3.29. The molecule has 3 aromatic rings. The first-order chi connectivity index (χ1) is 14.2. The lowest BCUT2D eigenvalue weighted by Crippen LogP contribution is -2.09. The number of hydrogen-bond acceptors (Lipinski definition) is 4. The minimum absolute atomic E-state index is 0.194. The van der Waals surface area contributed by atoms with E-state index >= 15 is 0 Å². The van der Waals surface area contributed by atoms with Crippen LogP contribution >= 0.6 is 0 Å². The van der Waals surface area contributed by atoms with Gasteiger partial charge in [-0.1, -0.05) is 37.1 Å². The molecule has 4 heteroatoms. The number of para-hydroxylation sites is 1. The van der Waals surface area contributed by atoms with Gasteiger partial charge in [-0.2, -0.15) is 0 Å². The molecule has 1 saturated carbocycles. The first-order valence-electron chi connectivity index (χ1n) is 10.4. The number of pyridine rings is 1. The minimum Gasteiger partial charge on any atom is -0.493 e. The van der Waals surface area contributed by atoms with Crippen LogP contribution in [0.4, 0.5) is 0 Å². The zero-order valence-electron chi connectivity index (χ0n) is 16.9. The number of nitrogens with zero attached hydrogens (tertiary/aromatic N) is 1. The van der Waals surface area contributed by atoms with E-state index in [9.17, 15) is 4.79 Å². The van der Waals surface area contributed by atoms with Crippen molar-refractivity contribution in [1.29, 1.82) is 0 Å². The van der Waals surface area contributed by atoms with Gasteiger partial charge in [-0.3, -0.25) is 9.78 Å². The summed E-state index contributed by atoms with van der Waals surface area (Å²) < 4.78 is 11.1. The number of benzene rings is 2. The van der Waals surface area contributed by atoms with Gasteiger partial charge in [0.1, 0.15) is 5.75 Å². The molecule has 4 rings (SSSR count). The fraction of sp³-hybridized carbons (Fsp3) is 0.360. The highest BCUT2D eigenvalue weighted by molar-refractivity contribution is 5.85. The first-order valence-corrected chi connectivity index (χ1v) is 10.4. The fourth-order valence-corrected chi connectivity index (χ4v) is 4.04. The van der Waals surface area contributed by atoms with Crippen LogP contribution in [0, 0.1) is 5.92 Å². The van der Waals surface area contributed by atoms with E-state index in [1.807, 2.05) is 36.5 Å². The highest BCUT2D eigenvalue weighted by atomic mass is 16.5. The van der Waals surface area contributed by atoms with Crippen LogP contribution in [0.1, 0.15) is 37.7 Å². The molecular weight excluding hydrogens is 362 g/mol. The van der Waals surface area contributed by atoms with E-state index in [4.69, 9.17) is 9.47 Å². The molecule has 0 amide bonds. The number of esters is 1. The summed E-state index contributed by atoms with van der Waals surface area (Å²) in [6.07, 6.45) is 8.04. The Kier molecular flexibility index (Phi) is 6.09. The second-order valence-electron chi connectivity index (χ2n) is 7.78. The van der Waals surface area contributed by atoms with E-state index < -0.39 is 0 Å². The zero-order valence-corrected chi connectivity index (χ0v) is 16.9. The topological polar surface area (TPSA) is 48.4 Å². The summed E-state index contributed by atoms with van der Waals surface area (Å²) in [6.45, 7) is 0.759. The van der Waals surface area contributed by atoms with Gasteiger partial charge in [0.25, 0.3) is 0 Å². The first kappa shape index (κ1) is 19.4. The van der Waals surface area contributed by atoms with Gasteiger partial charge in [0.05, 0.1) is 19.2 Å². The van der Waals surface area contributed by atoms with Crippen molar-refractivity contribution >= 4 is 16.9 Å². The van der Waals surface area contributed by atoms with Gasteiger partial charge < -0.3 is 9.47 Å². The predicted octanol–water partition coefficient (Wildman–Crippen LogP) is 5.58. The summed E-state index contributed by atoms with van der Waals surface area (Å²) in [5.41, 5.74) is 4.13. The van der Waals surface area contributed by atoms with Crippen molar-refractivity contribution in [3.05, 3.63) is 60.3 Å². The number of methoxy groups -OCH3 is 1. The summed E-state index contributed by atoms with van der Waals surface area (Å²) in [7, 11) is 1.43. The smallest absolute Gasteiger partial charge is 0.305 e. The van der Waals surface area contributed by atoms with Gasteiger partial charge in [-0.25, -0.2) is 0 Å². The monoisotopic (exact) mass is 389 g/mol.